The van der Waals surface area contributed by atoms with E-state index in [-0.39, 0.29) is 36.6 Å². The number of carbonyl (C=O) groups is 3. The van der Waals surface area contributed by atoms with Gasteiger partial charge in [-0.25, -0.2) is 14.4 Å². The standard InChI is InChI=1S/C25H32N4O6/c1-3-33-24(32)29-21(26-22(30)34-16-17-8-5-4-6-9-17)15-20(28-29)18-10-11-19(14-18)35-23(31)27-25(2)12-7-13-25/h4-6,8-9,15,18-19H,3,7,10-14,16H2,1-2H3,(H,26,30)(H,27,31)/t18-,19?/m0/s1. The number of nitrogens with zero attached hydrogens (tertiary/aromatic N) is 2. The predicted molar refractivity (Wildman–Crippen MR) is 127 cm³/mol. The molecule has 1 heterocycles. The van der Waals surface area contributed by atoms with E-state index in [4.69, 9.17) is 14.2 Å². The van der Waals surface area contributed by atoms with E-state index >= 15 is 0 Å². The first-order valence-corrected chi connectivity index (χ1v) is 12.1. The molecule has 2 aliphatic carbocycles. The van der Waals surface area contributed by atoms with Gasteiger partial charge in [0, 0.05) is 17.5 Å². The van der Waals surface area contributed by atoms with E-state index in [2.05, 4.69) is 15.7 Å². The van der Waals surface area contributed by atoms with E-state index in [0.717, 1.165) is 35.9 Å². The fourth-order valence-corrected chi connectivity index (χ4v) is 4.45. The number of anilines is 1. The molecule has 0 aliphatic heterocycles. The number of carbonyl (C=O) groups excluding carboxylic acids is 3. The third-order valence-electron chi connectivity index (χ3n) is 6.55. The van der Waals surface area contributed by atoms with Crippen molar-refractivity contribution in [3.63, 3.8) is 0 Å². The first-order chi connectivity index (χ1) is 16.8. The Kier molecular flexibility index (Phi) is 7.57. The van der Waals surface area contributed by atoms with Crippen molar-refractivity contribution in [2.45, 2.75) is 76.5 Å². The summed E-state index contributed by atoms with van der Waals surface area (Å²) in [4.78, 5) is 37.1. The highest BCUT2D eigenvalue weighted by Gasteiger charge is 2.36. The molecule has 2 aliphatic rings. The zero-order valence-corrected chi connectivity index (χ0v) is 20.1. The molecule has 0 saturated heterocycles. The lowest BCUT2D eigenvalue weighted by molar-refractivity contribution is 0.0813. The number of alkyl carbamates (subject to hydrolysis) is 1. The molecule has 2 aromatic rings. The second-order valence-corrected chi connectivity index (χ2v) is 9.33. The third kappa shape index (κ3) is 6.32. The van der Waals surface area contributed by atoms with Crippen LogP contribution in [0, 0.1) is 0 Å². The maximum Gasteiger partial charge on any atom is 0.436 e. The van der Waals surface area contributed by atoms with Crippen LogP contribution in [0.3, 0.4) is 0 Å². The van der Waals surface area contributed by atoms with Gasteiger partial charge < -0.3 is 19.5 Å². The Morgan fingerprint density at radius 1 is 1.11 bits per heavy atom. The Balaban J connectivity index is 1.37. The van der Waals surface area contributed by atoms with Gasteiger partial charge in [0.2, 0.25) is 0 Å². The largest absolute Gasteiger partial charge is 0.448 e. The second-order valence-electron chi connectivity index (χ2n) is 9.33. The van der Waals surface area contributed by atoms with Crippen LogP contribution in [0.1, 0.15) is 69.5 Å². The van der Waals surface area contributed by atoms with Crippen LogP contribution in [0.4, 0.5) is 20.2 Å². The van der Waals surface area contributed by atoms with Crippen molar-refractivity contribution in [2.75, 3.05) is 11.9 Å². The van der Waals surface area contributed by atoms with Crippen LogP contribution < -0.4 is 10.6 Å². The highest BCUT2D eigenvalue weighted by atomic mass is 16.6. The molecule has 0 spiro atoms. The molecule has 1 aromatic heterocycles. The van der Waals surface area contributed by atoms with E-state index < -0.39 is 18.3 Å². The maximum absolute atomic E-state index is 12.4. The molecule has 2 fully saturated rings. The molecule has 0 bridgehead atoms. The Morgan fingerprint density at radius 2 is 1.89 bits per heavy atom. The molecule has 188 valence electrons. The molecule has 2 atom stereocenters. The van der Waals surface area contributed by atoms with Crippen molar-refractivity contribution < 1.29 is 28.6 Å². The third-order valence-corrected chi connectivity index (χ3v) is 6.55. The van der Waals surface area contributed by atoms with Crippen LogP contribution in [0.2, 0.25) is 0 Å². The first kappa shape index (κ1) is 24.6. The van der Waals surface area contributed by atoms with Crippen LogP contribution in [0.25, 0.3) is 0 Å². The molecular formula is C25H32N4O6. The van der Waals surface area contributed by atoms with E-state index in [1.807, 2.05) is 37.3 Å². The zero-order chi connectivity index (χ0) is 24.8. The molecule has 1 unspecified atom stereocenters. The summed E-state index contributed by atoms with van der Waals surface area (Å²) in [5.41, 5.74) is 1.30. The van der Waals surface area contributed by atoms with E-state index in [0.29, 0.717) is 18.5 Å². The predicted octanol–water partition coefficient (Wildman–Crippen LogP) is 4.94. The number of hydrogen-bond donors (Lipinski definition) is 2. The molecule has 10 heteroatoms. The average molecular weight is 485 g/mol. The Morgan fingerprint density at radius 3 is 2.57 bits per heavy atom. The average Bonchev–Trinajstić information content (AvgIpc) is 3.44. The van der Waals surface area contributed by atoms with Gasteiger partial charge in [0.1, 0.15) is 18.5 Å². The van der Waals surface area contributed by atoms with Gasteiger partial charge >= 0.3 is 18.3 Å². The Bertz CT molecular complexity index is 1050. The van der Waals surface area contributed by atoms with Gasteiger partial charge in [-0.2, -0.15) is 5.10 Å². The quantitative estimate of drug-likeness (QED) is 0.534. The number of amides is 2. The van der Waals surface area contributed by atoms with E-state index in [1.165, 1.54) is 0 Å². The van der Waals surface area contributed by atoms with Crippen LogP contribution >= 0.6 is 0 Å². The second kappa shape index (κ2) is 10.8. The number of rotatable bonds is 7. The molecule has 10 nitrogen and oxygen atoms in total. The smallest absolute Gasteiger partial charge is 0.436 e. The minimum absolute atomic E-state index is 0.0244. The number of nitrogens with one attached hydrogen (secondary N) is 2. The van der Waals surface area contributed by atoms with Crippen molar-refractivity contribution in [3.8, 4) is 0 Å². The summed E-state index contributed by atoms with van der Waals surface area (Å²) in [5.74, 6) is 0.139. The molecular weight excluding hydrogens is 452 g/mol. The van der Waals surface area contributed by atoms with Crippen LogP contribution in [-0.4, -0.2) is 46.3 Å². The normalized spacial score (nSPS) is 20.4. The van der Waals surface area contributed by atoms with Gasteiger partial charge in [-0.15, -0.1) is 4.68 Å². The van der Waals surface area contributed by atoms with Gasteiger partial charge in [-0.1, -0.05) is 30.3 Å². The molecule has 2 amide bonds. The fraction of sp³-hybridized carbons (Fsp3) is 0.520. The lowest BCUT2D eigenvalue weighted by Crippen LogP contribution is -2.51. The molecule has 2 saturated carbocycles. The van der Waals surface area contributed by atoms with Gasteiger partial charge in [0.05, 0.1) is 12.3 Å². The van der Waals surface area contributed by atoms with Crippen molar-refractivity contribution in [1.29, 1.82) is 0 Å². The van der Waals surface area contributed by atoms with Crippen molar-refractivity contribution in [2.24, 2.45) is 0 Å². The minimum atomic E-state index is -0.709. The summed E-state index contributed by atoms with van der Waals surface area (Å²) >= 11 is 0. The topological polar surface area (TPSA) is 121 Å². The Hall–Kier alpha value is -3.56. The highest BCUT2D eigenvalue weighted by molar-refractivity contribution is 5.86. The minimum Gasteiger partial charge on any atom is -0.448 e. The van der Waals surface area contributed by atoms with Crippen LogP contribution in [0.15, 0.2) is 36.4 Å². The number of hydrogen-bond acceptors (Lipinski definition) is 7. The first-order valence-electron chi connectivity index (χ1n) is 12.1. The van der Waals surface area contributed by atoms with Gasteiger partial charge in [0.25, 0.3) is 0 Å². The highest BCUT2D eigenvalue weighted by Crippen LogP contribution is 2.37. The van der Waals surface area contributed by atoms with E-state index in [1.54, 1.807) is 13.0 Å². The van der Waals surface area contributed by atoms with Crippen molar-refractivity contribution in [1.82, 2.24) is 15.1 Å². The number of benzene rings is 1. The van der Waals surface area contributed by atoms with Gasteiger partial charge in [-0.05, 0) is 57.9 Å². The summed E-state index contributed by atoms with van der Waals surface area (Å²) in [7, 11) is 0. The Labute approximate surface area is 204 Å². The maximum atomic E-state index is 12.4. The monoisotopic (exact) mass is 484 g/mol. The SMILES string of the molecule is CCOC(=O)n1nc([C@H]2CCC(OC(=O)NC3(C)CCC3)C2)cc1NC(=O)OCc1ccccc1. The lowest BCUT2D eigenvalue weighted by atomic mass is 9.79. The number of aromatic nitrogens is 2. The lowest BCUT2D eigenvalue weighted by Gasteiger charge is -2.38. The van der Waals surface area contributed by atoms with Gasteiger partial charge in [0.15, 0.2) is 0 Å². The molecule has 1 aromatic carbocycles. The summed E-state index contributed by atoms with van der Waals surface area (Å²) in [6, 6.07) is 10.9. The summed E-state index contributed by atoms with van der Waals surface area (Å²) < 4.78 is 17.0. The molecule has 4 rings (SSSR count). The molecule has 0 radical (unpaired) electrons. The zero-order valence-electron chi connectivity index (χ0n) is 20.1. The summed E-state index contributed by atoms with van der Waals surface area (Å²) in [6.07, 6.45) is 3.03. The van der Waals surface area contributed by atoms with Crippen molar-refractivity contribution >= 4 is 24.1 Å². The van der Waals surface area contributed by atoms with Crippen molar-refractivity contribution in [3.05, 3.63) is 47.7 Å². The summed E-state index contributed by atoms with van der Waals surface area (Å²) in [6.45, 7) is 3.98. The summed E-state index contributed by atoms with van der Waals surface area (Å²) in [5, 5.41) is 9.94. The van der Waals surface area contributed by atoms with Crippen LogP contribution in [-0.2, 0) is 20.8 Å². The number of ether oxygens (including phenoxy) is 3. The molecule has 35 heavy (non-hydrogen) atoms. The molecule has 2 N–H and O–H groups in total. The van der Waals surface area contributed by atoms with E-state index in [9.17, 15) is 14.4 Å². The van der Waals surface area contributed by atoms with Gasteiger partial charge in [-0.3, -0.25) is 5.32 Å². The fourth-order valence-electron chi connectivity index (χ4n) is 4.45. The van der Waals surface area contributed by atoms with Crippen LogP contribution in [0.5, 0.6) is 0 Å².